The molecule has 84 valence electrons. The SMILES string of the molecule is Cc1cc(C#N)nc(-c2cc(Cl)cc(Cl)c2)n1. The van der Waals surface area contributed by atoms with Crippen LogP contribution in [-0.2, 0) is 0 Å². The first kappa shape index (κ1) is 11.8. The first-order valence-corrected chi connectivity index (χ1v) is 5.56. The number of benzene rings is 1. The van der Waals surface area contributed by atoms with Crippen LogP contribution in [0.3, 0.4) is 0 Å². The summed E-state index contributed by atoms with van der Waals surface area (Å²) >= 11 is 11.8. The Morgan fingerprint density at radius 3 is 2.29 bits per heavy atom. The van der Waals surface area contributed by atoms with E-state index >= 15 is 0 Å². The Kier molecular flexibility index (Phi) is 3.28. The highest BCUT2D eigenvalue weighted by molar-refractivity contribution is 6.35. The maximum absolute atomic E-state index is 8.85. The molecule has 0 unspecified atom stereocenters. The molecular weight excluding hydrogens is 257 g/mol. The van der Waals surface area contributed by atoms with E-state index in [0.717, 1.165) is 5.69 Å². The number of hydrogen-bond acceptors (Lipinski definition) is 3. The zero-order valence-corrected chi connectivity index (χ0v) is 10.4. The molecular formula is C12H7Cl2N3. The lowest BCUT2D eigenvalue weighted by molar-refractivity contribution is 1.09. The highest BCUT2D eigenvalue weighted by Gasteiger charge is 2.06. The zero-order valence-electron chi connectivity index (χ0n) is 8.91. The Hall–Kier alpha value is -1.63. The fraction of sp³-hybridized carbons (Fsp3) is 0.0833. The molecule has 0 saturated heterocycles. The average Bonchev–Trinajstić information content (AvgIpc) is 2.26. The number of halogens is 2. The summed E-state index contributed by atoms with van der Waals surface area (Å²) in [5.74, 6) is 0.450. The number of nitrogens with zero attached hydrogens (tertiary/aromatic N) is 3. The van der Waals surface area contributed by atoms with Crippen LogP contribution in [0.15, 0.2) is 24.3 Å². The number of aryl methyl sites for hydroxylation is 1. The average molecular weight is 264 g/mol. The van der Waals surface area contributed by atoms with Gasteiger partial charge in [0.2, 0.25) is 0 Å². The molecule has 1 aromatic carbocycles. The van der Waals surface area contributed by atoms with E-state index in [2.05, 4.69) is 9.97 Å². The van der Waals surface area contributed by atoms with Gasteiger partial charge in [-0.1, -0.05) is 23.2 Å². The summed E-state index contributed by atoms with van der Waals surface area (Å²) in [4.78, 5) is 8.37. The quantitative estimate of drug-likeness (QED) is 0.790. The Labute approximate surface area is 109 Å². The van der Waals surface area contributed by atoms with Crippen molar-refractivity contribution in [2.24, 2.45) is 0 Å². The van der Waals surface area contributed by atoms with Gasteiger partial charge in [0.05, 0.1) is 0 Å². The van der Waals surface area contributed by atoms with Crippen LogP contribution in [0.25, 0.3) is 11.4 Å². The third-order valence-corrected chi connectivity index (χ3v) is 2.53. The van der Waals surface area contributed by atoms with Crippen molar-refractivity contribution in [3.05, 3.63) is 45.7 Å². The van der Waals surface area contributed by atoms with Gasteiger partial charge in [-0.15, -0.1) is 0 Å². The Bertz CT molecular complexity index is 597. The van der Waals surface area contributed by atoms with Crippen molar-refractivity contribution in [2.75, 3.05) is 0 Å². The van der Waals surface area contributed by atoms with E-state index in [-0.39, 0.29) is 0 Å². The van der Waals surface area contributed by atoms with Crippen molar-refractivity contribution >= 4 is 23.2 Å². The minimum atomic E-state index is 0.323. The van der Waals surface area contributed by atoms with Crippen LogP contribution in [0.4, 0.5) is 0 Å². The van der Waals surface area contributed by atoms with Gasteiger partial charge in [-0.3, -0.25) is 0 Å². The van der Waals surface area contributed by atoms with Gasteiger partial charge in [0, 0.05) is 21.3 Å². The third-order valence-electron chi connectivity index (χ3n) is 2.09. The molecule has 0 aliphatic heterocycles. The minimum absolute atomic E-state index is 0.323. The molecule has 2 rings (SSSR count). The summed E-state index contributed by atoms with van der Waals surface area (Å²) in [6.07, 6.45) is 0. The second-order valence-corrected chi connectivity index (χ2v) is 4.36. The smallest absolute Gasteiger partial charge is 0.160 e. The van der Waals surface area contributed by atoms with Gasteiger partial charge in [0.1, 0.15) is 11.8 Å². The first-order chi connectivity index (χ1) is 8.08. The minimum Gasteiger partial charge on any atom is -0.233 e. The molecule has 0 saturated carbocycles. The molecule has 0 amide bonds. The van der Waals surface area contributed by atoms with E-state index in [1.807, 2.05) is 6.07 Å². The standard InChI is InChI=1S/C12H7Cl2N3/c1-7-2-11(6-15)17-12(16-7)8-3-9(13)5-10(14)4-8/h2-5H,1H3. The van der Waals surface area contributed by atoms with Gasteiger partial charge >= 0.3 is 0 Å². The van der Waals surface area contributed by atoms with E-state index in [0.29, 0.717) is 27.1 Å². The second kappa shape index (κ2) is 4.70. The van der Waals surface area contributed by atoms with E-state index in [1.54, 1.807) is 31.2 Å². The van der Waals surface area contributed by atoms with Crippen LogP contribution in [0, 0.1) is 18.3 Å². The fourth-order valence-electron chi connectivity index (χ4n) is 1.44. The molecule has 5 heteroatoms. The Morgan fingerprint density at radius 1 is 1.06 bits per heavy atom. The summed E-state index contributed by atoms with van der Waals surface area (Å²) in [6, 6.07) is 8.67. The van der Waals surface area contributed by atoms with Gasteiger partial charge in [0.15, 0.2) is 5.82 Å². The van der Waals surface area contributed by atoms with Gasteiger partial charge in [0.25, 0.3) is 0 Å². The Balaban J connectivity index is 2.60. The molecule has 0 aliphatic rings. The monoisotopic (exact) mass is 263 g/mol. The lowest BCUT2D eigenvalue weighted by atomic mass is 10.2. The van der Waals surface area contributed by atoms with Crippen molar-refractivity contribution < 1.29 is 0 Å². The van der Waals surface area contributed by atoms with Crippen molar-refractivity contribution in [3.63, 3.8) is 0 Å². The van der Waals surface area contributed by atoms with Crippen LogP contribution < -0.4 is 0 Å². The lowest BCUT2D eigenvalue weighted by Crippen LogP contribution is -1.95. The summed E-state index contributed by atoms with van der Waals surface area (Å²) < 4.78 is 0. The van der Waals surface area contributed by atoms with Crippen molar-refractivity contribution in [1.82, 2.24) is 9.97 Å². The molecule has 2 aromatic rings. The molecule has 0 radical (unpaired) electrons. The fourth-order valence-corrected chi connectivity index (χ4v) is 1.96. The molecule has 0 spiro atoms. The molecule has 3 nitrogen and oxygen atoms in total. The molecule has 1 aromatic heterocycles. The summed E-state index contributed by atoms with van der Waals surface area (Å²) in [7, 11) is 0. The van der Waals surface area contributed by atoms with Gasteiger partial charge in [-0.25, -0.2) is 9.97 Å². The maximum atomic E-state index is 8.85. The molecule has 0 bridgehead atoms. The molecule has 0 aliphatic carbocycles. The summed E-state index contributed by atoms with van der Waals surface area (Å²) in [5, 5.41) is 9.87. The highest BCUT2D eigenvalue weighted by atomic mass is 35.5. The third kappa shape index (κ3) is 2.73. The Morgan fingerprint density at radius 2 is 1.71 bits per heavy atom. The number of rotatable bonds is 1. The number of aromatic nitrogens is 2. The lowest BCUT2D eigenvalue weighted by Gasteiger charge is -2.03. The van der Waals surface area contributed by atoms with E-state index in [9.17, 15) is 0 Å². The van der Waals surface area contributed by atoms with Crippen LogP contribution in [-0.4, -0.2) is 9.97 Å². The van der Waals surface area contributed by atoms with Crippen LogP contribution >= 0.6 is 23.2 Å². The second-order valence-electron chi connectivity index (χ2n) is 3.49. The van der Waals surface area contributed by atoms with E-state index in [1.165, 1.54) is 0 Å². The highest BCUT2D eigenvalue weighted by Crippen LogP contribution is 2.25. The molecule has 17 heavy (non-hydrogen) atoms. The normalized spacial score (nSPS) is 10.0. The van der Waals surface area contributed by atoms with Crippen molar-refractivity contribution in [3.8, 4) is 17.5 Å². The molecule has 0 N–H and O–H groups in total. The summed E-state index contributed by atoms with van der Waals surface area (Å²) in [5.41, 5.74) is 1.74. The van der Waals surface area contributed by atoms with Crippen molar-refractivity contribution in [1.29, 1.82) is 5.26 Å². The van der Waals surface area contributed by atoms with Crippen LogP contribution in [0.2, 0.25) is 10.0 Å². The maximum Gasteiger partial charge on any atom is 0.160 e. The van der Waals surface area contributed by atoms with Crippen molar-refractivity contribution in [2.45, 2.75) is 6.92 Å². The first-order valence-electron chi connectivity index (χ1n) is 4.81. The zero-order chi connectivity index (χ0) is 12.4. The molecule has 0 atom stereocenters. The predicted molar refractivity (Wildman–Crippen MR) is 66.9 cm³/mol. The van der Waals surface area contributed by atoms with Crippen LogP contribution in [0.1, 0.15) is 11.4 Å². The van der Waals surface area contributed by atoms with E-state index < -0.39 is 0 Å². The topological polar surface area (TPSA) is 49.6 Å². The largest absolute Gasteiger partial charge is 0.233 e. The van der Waals surface area contributed by atoms with E-state index in [4.69, 9.17) is 28.5 Å². The number of hydrogen-bond donors (Lipinski definition) is 0. The summed E-state index contributed by atoms with van der Waals surface area (Å²) in [6.45, 7) is 1.80. The van der Waals surface area contributed by atoms with Gasteiger partial charge in [-0.2, -0.15) is 5.26 Å². The molecule has 0 fully saturated rings. The predicted octanol–water partition coefficient (Wildman–Crippen LogP) is 3.63. The molecule has 1 heterocycles. The van der Waals surface area contributed by atoms with Gasteiger partial charge < -0.3 is 0 Å². The van der Waals surface area contributed by atoms with Crippen LogP contribution in [0.5, 0.6) is 0 Å². The van der Waals surface area contributed by atoms with Gasteiger partial charge in [-0.05, 0) is 31.2 Å². The number of nitriles is 1.